The highest BCUT2D eigenvalue weighted by Crippen LogP contribution is 2.24. The quantitative estimate of drug-likeness (QED) is 0.452. The lowest BCUT2D eigenvalue weighted by atomic mass is 10.1. The van der Waals surface area contributed by atoms with Gasteiger partial charge in [-0.2, -0.15) is 0 Å². The fraction of sp³-hybridized carbons (Fsp3) is 0.0800. The van der Waals surface area contributed by atoms with Crippen molar-refractivity contribution in [2.45, 2.75) is 13.8 Å². The monoisotopic (exact) mass is 394 g/mol. The van der Waals surface area contributed by atoms with Crippen molar-refractivity contribution in [3.05, 3.63) is 102 Å². The lowest BCUT2D eigenvalue weighted by molar-refractivity contribution is 0.102. The van der Waals surface area contributed by atoms with Gasteiger partial charge in [-0.15, -0.1) is 0 Å². The van der Waals surface area contributed by atoms with Crippen molar-refractivity contribution in [2.24, 2.45) is 0 Å². The van der Waals surface area contributed by atoms with Crippen molar-refractivity contribution in [1.29, 1.82) is 0 Å². The molecule has 0 unspecified atom stereocenters. The number of hydrogen-bond donors (Lipinski definition) is 2. The van der Waals surface area contributed by atoms with Crippen LogP contribution in [0.3, 0.4) is 0 Å². The smallest absolute Gasteiger partial charge is 0.255 e. The van der Waals surface area contributed by atoms with Gasteiger partial charge in [-0.05, 0) is 43.7 Å². The molecule has 0 spiro atoms. The molecule has 4 aromatic rings. The zero-order valence-corrected chi connectivity index (χ0v) is 16.9. The first kappa shape index (κ1) is 19.3. The molecular weight excluding hydrogens is 372 g/mol. The molecule has 3 aromatic carbocycles. The van der Waals surface area contributed by atoms with Crippen LogP contribution in [0.25, 0.3) is 11.3 Å². The van der Waals surface area contributed by atoms with Crippen LogP contribution < -0.4 is 10.6 Å². The molecule has 0 saturated heterocycles. The number of anilines is 3. The SMILES string of the molecule is Cc1nc(Nc2cccc(NC(=O)c3ccccc3C)c2)cc(-c2ccccc2)n1. The molecular formula is C25H22N4O. The van der Waals surface area contributed by atoms with E-state index in [1.165, 1.54) is 0 Å². The standard InChI is InChI=1S/C25H22N4O/c1-17-9-6-7-14-22(17)25(30)29-21-13-8-12-20(15-21)28-24-16-23(26-18(2)27-24)19-10-4-3-5-11-19/h3-16H,1-2H3,(H,29,30)(H,26,27,28). The molecule has 4 rings (SSSR count). The predicted molar refractivity (Wildman–Crippen MR) is 121 cm³/mol. The van der Waals surface area contributed by atoms with Gasteiger partial charge in [0.05, 0.1) is 5.69 Å². The summed E-state index contributed by atoms with van der Waals surface area (Å²) in [4.78, 5) is 21.6. The van der Waals surface area contributed by atoms with Gasteiger partial charge in [0.2, 0.25) is 0 Å². The van der Waals surface area contributed by atoms with Crippen LogP contribution in [0.2, 0.25) is 0 Å². The third kappa shape index (κ3) is 4.52. The summed E-state index contributed by atoms with van der Waals surface area (Å²) in [6.45, 7) is 3.80. The molecule has 148 valence electrons. The van der Waals surface area contributed by atoms with Gasteiger partial charge in [0, 0.05) is 28.6 Å². The maximum Gasteiger partial charge on any atom is 0.255 e. The first-order chi connectivity index (χ1) is 14.6. The lowest BCUT2D eigenvalue weighted by Crippen LogP contribution is -2.13. The van der Waals surface area contributed by atoms with Gasteiger partial charge < -0.3 is 10.6 Å². The molecule has 1 amide bonds. The van der Waals surface area contributed by atoms with Gasteiger partial charge in [0.1, 0.15) is 11.6 Å². The number of amides is 1. The van der Waals surface area contributed by atoms with Crippen LogP contribution in [0, 0.1) is 13.8 Å². The molecule has 5 heteroatoms. The highest BCUT2D eigenvalue weighted by atomic mass is 16.1. The highest BCUT2D eigenvalue weighted by Gasteiger charge is 2.09. The third-order valence-electron chi connectivity index (χ3n) is 4.69. The molecule has 5 nitrogen and oxygen atoms in total. The molecule has 0 atom stereocenters. The van der Waals surface area contributed by atoms with Crippen molar-refractivity contribution in [3.63, 3.8) is 0 Å². The van der Waals surface area contributed by atoms with E-state index in [-0.39, 0.29) is 5.91 Å². The molecule has 0 fully saturated rings. The summed E-state index contributed by atoms with van der Waals surface area (Å²) in [5, 5.41) is 6.28. The van der Waals surface area contributed by atoms with Crippen LogP contribution in [0.15, 0.2) is 84.9 Å². The molecule has 0 saturated carbocycles. The number of hydrogen-bond acceptors (Lipinski definition) is 4. The summed E-state index contributed by atoms with van der Waals surface area (Å²) in [5.74, 6) is 1.25. The third-order valence-corrected chi connectivity index (χ3v) is 4.69. The van der Waals surface area contributed by atoms with Gasteiger partial charge in [-0.1, -0.05) is 54.6 Å². The topological polar surface area (TPSA) is 66.9 Å². The van der Waals surface area contributed by atoms with E-state index in [1.54, 1.807) is 0 Å². The zero-order chi connectivity index (χ0) is 20.9. The van der Waals surface area contributed by atoms with Gasteiger partial charge in [0.15, 0.2) is 0 Å². The van der Waals surface area contributed by atoms with Crippen molar-refractivity contribution >= 4 is 23.1 Å². The normalized spacial score (nSPS) is 10.5. The van der Waals surface area contributed by atoms with Gasteiger partial charge in [-0.25, -0.2) is 9.97 Å². The Morgan fingerprint density at radius 3 is 2.30 bits per heavy atom. The van der Waals surface area contributed by atoms with Gasteiger partial charge >= 0.3 is 0 Å². The summed E-state index contributed by atoms with van der Waals surface area (Å²) in [7, 11) is 0. The maximum atomic E-state index is 12.6. The largest absolute Gasteiger partial charge is 0.340 e. The van der Waals surface area contributed by atoms with Crippen LogP contribution in [-0.4, -0.2) is 15.9 Å². The van der Waals surface area contributed by atoms with E-state index >= 15 is 0 Å². The van der Waals surface area contributed by atoms with Gasteiger partial charge in [0.25, 0.3) is 5.91 Å². The molecule has 0 aliphatic rings. The number of benzene rings is 3. The van der Waals surface area contributed by atoms with E-state index in [1.807, 2.05) is 98.8 Å². The molecule has 0 aliphatic heterocycles. The Morgan fingerprint density at radius 2 is 1.50 bits per heavy atom. The molecule has 1 aromatic heterocycles. The fourth-order valence-corrected chi connectivity index (χ4v) is 3.24. The van der Waals surface area contributed by atoms with Crippen molar-refractivity contribution in [2.75, 3.05) is 10.6 Å². The second-order valence-electron chi connectivity index (χ2n) is 7.03. The number of nitrogens with one attached hydrogen (secondary N) is 2. The highest BCUT2D eigenvalue weighted by molar-refractivity contribution is 6.05. The fourth-order valence-electron chi connectivity index (χ4n) is 3.24. The van der Waals surface area contributed by atoms with Crippen LogP contribution in [0.1, 0.15) is 21.7 Å². The number of carbonyl (C=O) groups excluding carboxylic acids is 1. The first-order valence-electron chi connectivity index (χ1n) is 9.74. The first-order valence-corrected chi connectivity index (χ1v) is 9.74. The van der Waals surface area contributed by atoms with E-state index in [0.717, 1.165) is 22.5 Å². The Hall–Kier alpha value is -3.99. The molecule has 0 bridgehead atoms. The van der Waals surface area contributed by atoms with Crippen LogP contribution in [-0.2, 0) is 0 Å². The second-order valence-corrected chi connectivity index (χ2v) is 7.03. The average Bonchev–Trinajstić information content (AvgIpc) is 2.74. The number of rotatable bonds is 5. The van der Waals surface area contributed by atoms with Crippen molar-refractivity contribution in [1.82, 2.24) is 9.97 Å². The Balaban J connectivity index is 1.54. The van der Waals surface area contributed by atoms with E-state index in [2.05, 4.69) is 20.6 Å². The van der Waals surface area contributed by atoms with E-state index < -0.39 is 0 Å². The molecule has 0 aliphatic carbocycles. The van der Waals surface area contributed by atoms with E-state index in [9.17, 15) is 4.79 Å². The van der Waals surface area contributed by atoms with E-state index in [0.29, 0.717) is 22.9 Å². The Bertz CT molecular complexity index is 1190. The summed E-state index contributed by atoms with van der Waals surface area (Å²) in [6, 6.07) is 27.0. The van der Waals surface area contributed by atoms with Crippen molar-refractivity contribution < 1.29 is 4.79 Å². The Kier molecular flexibility index (Phi) is 5.52. The number of aromatic nitrogens is 2. The lowest BCUT2D eigenvalue weighted by Gasteiger charge is -2.11. The molecule has 30 heavy (non-hydrogen) atoms. The summed E-state index contributed by atoms with van der Waals surface area (Å²) in [5.41, 5.74) is 5.03. The molecule has 0 radical (unpaired) electrons. The minimum atomic E-state index is -0.130. The summed E-state index contributed by atoms with van der Waals surface area (Å²) >= 11 is 0. The zero-order valence-electron chi connectivity index (χ0n) is 16.9. The van der Waals surface area contributed by atoms with Crippen LogP contribution in [0.4, 0.5) is 17.2 Å². The van der Waals surface area contributed by atoms with Crippen molar-refractivity contribution in [3.8, 4) is 11.3 Å². The minimum absolute atomic E-state index is 0.130. The van der Waals surface area contributed by atoms with E-state index in [4.69, 9.17) is 0 Å². The average molecular weight is 394 g/mol. The molecule has 1 heterocycles. The predicted octanol–water partition coefficient (Wildman–Crippen LogP) is 5.76. The van der Waals surface area contributed by atoms with Gasteiger partial charge in [-0.3, -0.25) is 4.79 Å². The Morgan fingerprint density at radius 1 is 0.767 bits per heavy atom. The summed E-state index contributed by atoms with van der Waals surface area (Å²) < 4.78 is 0. The number of carbonyl (C=O) groups is 1. The number of nitrogens with zero attached hydrogens (tertiary/aromatic N) is 2. The molecule has 2 N–H and O–H groups in total. The number of aryl methyl sites for hydroxylation is 2. The van der Waals surface area contributed by atoms with Crippen LogP contribution in [0.5, 0.6) is 0 Å². The van der Waals surface area contributed by atoms with Crippen LogP contribution >= 0.6 is 0 Å². The minimum Gasteiger partial charge on any atom is -0.340 e. The second kappa shape index (κ2) is 8.57. The summed E-state index contributed by atoms with van der Waals surface area (Å²) in [6.07, 6.45) is 0. The maximum absolute atomic E-state index is 12.6. The Labute approximate surface area is 175 Å².